The molecule has 3 heterocycles. The van der Waals surface area contributed by atoms with E-state index < -0.39 is 5.97 Å². The first kappa shape index (κ1) is 14.0. The lowest BCUT2D eigenvalue weighted by atomic mass is 9.88. The Bertz CT molecular complexity index is 384. The van der Waals surface area contributed by atoms with Crippen molar-refractivity contribution in [2.45, 2.75) is 44.2 Å². The summed E-state index contributed by atoms with van der Waals surface area (Å²) in [6.07, 6.45) is 4.11. The fourth-order valence-corrected chi connectivity index (χ4v) is 4.84. The summed E-state index contributed by atoms with van der Waals surface area (Å²) in [6, 6.07) is 0.756. The highest BCUT2D eigenvalue weighted by Gasteiger charge is 2.44. The molecule has 0 aliphatic carbocycles. The van der Waals surface area contributed by atoms with Gasteiger partial charge in [0.2, 0.25) is 0 Å². The van der Waals surface area contributed by atoms with Gasteiger partial charge in [0.05, 0.1) is 0 Å². The van der Waals surface area contributed by atoms with Crippen LogP contribution in [0.25, 0.3) is 0 Å². The Hall–Kier alpha value is -0.910. The topological polar surface area (TPSA) is 60.9 Å². The summed E-state index contributed by atoms with van der Waals surface area (Å²) in [4.78, 5) is 27.6. The molecule has 2 bridgehead atoms. The van der Waals surface area contributed by atoms with Crippen LogP contribution >= 0.6 is 11.8 Å². The number of carbonyl (C=O) groups is 2. The number of carbonyl (C=O) groups excluding carboxylic acids is 1. The van der Waals surface area contributed by atoms with Crippen LogP contribution in [0.5, 0.6) is 0 Å². The molecule has 112 valence electrons. The molecule has 2 amide bonds. The molecule has 0 aromatic heterocycles. The van der Waals surface area contributed by atoms with Crippen molar-refractivity contribution in [1.29, 1.82) is 0 Å². The second-order valence-electron chi connectivity index (χ2n) is 6.11. The lowest BCUT2D eigenvalue weighted by Gasteiger charge is -2.42. The monoisotopic (exact) mass is 298 g/mol. The summed E-state index contributed by atoms with van der Waals surface area (Å²) in [7, 11) is 0. The van der Waals surface area contributed by atoms with Crippen LogP contribution in [0.15, 0.2) is 0 Å². The van der Waals surface area contributed by atoms with E-state index in [9.17, 15) is 9.59 Å². The summed E-state index contributed by atoms with van der Waals surface area (Å²) in [6.45, 7) is 1.72. The van der Waals surface area contributed by atoms with E-state index in [4.69, 9.17) is 5.11 Å². The van der Waals surface area contributed by atoms with Gasteiger partial charge in [0.25, 0.3) is 0 Å². The normalized spacial score (nSPS) is 33.3. The van der Waals surface area contributed by atoms with Crippen molar-refractivity contribution in [2.75, 3.05) is 24.6 Å². The van der Waals surface area contributed by atoms with Crippen molar-refractivity contribution < 1.29 is 14.7 Å². The van der Waals surface area contributed by atoms with Gasteiger partial charge in [-0.1, -0.05) is 0 Å². The van der Waals surface area contributed by atoms with Crippen molar-refractivity contribution >= 4 is 23.8 Å². The molecule has 3 fully saturated rings. The molecular weight excluding hydrogens is 276 g/mol. The average Bonchev–Trinajstić information content (AvgIpc) is 2.70. The van der Waals surface area contributed by atoms with Gasteiger partial charge in [-0.25, -0.2) is 4.79 Å². The maximum absolute atomic E-state index is 12.7. The number of rotatable bonds is 2. The third kappa shape index (κ3) is 2.75. The standard InChI is InChI=1S/C14H22N2O3S/c17-13(18)9-10-7-11-1-2-12(8-10)16(11)14(19)15-3-5-20-6-4-15/h10-12H,1-9H2,(H,17,18). The number of hydrogen-bond acceptors (Lipinski definition) is 3. The Morgan fingerprint density at radius 2 is 1.70 bits per heavy atom. The van der Waals surface area contributed by atoms with Gasteiger partial charge in [-0.15, -0.1) is 0 Å². The van der Waals surface area contributed by atoms with Crippen LogP contribution in [0, 0.1) is 5.92 Å². The van der Waals surface area contributed by atoms with Gasteiger partial charge < -0.3 is 14.9 Å². The summed E-state index contributed by atoms with van der Waals surface area (Å²) >= 11 is 1.91. The Morgan fingerprint density at radius 3 is 2.25 bits per heavy atom. The first-order chi connectivity index (χ1) is 9.65. The molecule has 0 saturated carbocycles. The molecule has 5 nitrogen and oxygen atoms in total. The van der Waals surface area contributed by atoms with Crippen LogP contribution in [0.2, 0.25) is 0 Å². The quantitative estimate of drug-likeness (QED) is 0.845. The second kappa shape index (κ2) is 5.84. The molecule has 0 aromatic rings. The number of carboxylic acid groups (broad SMARTS) is 1. The number of carboxylic acids is 1. The molecule has 2 unspecified atom stereocenters. The van der Waals surface area contributed by atoms with Crippen molar-refractivity contribution in [3.63, 3.8) is 0 Å². The molecule has 0 radical (unpaired) electrons. The number of piperidine rings is 1. The average molecular weight is 298 g/mol. The molecular formula is C14H22N2O3S. The van der Waals surface area contributed by atoms with Crippen molar-refractivity contribution in [2.24, 2.45) is 5.92 Å². The summed E-state index contributed by atoms with van der Waals surface area (Å²) < 4.78 is 0. The summed E-state index contributed by atoms with van der Waals surface area (Å²) in [5, 5.41) is 8.95. The van der Waals surface area contributed by atoms with E-state index in [0.29, 0.717) is 0 Å². The largest absolute Gasteiger partial charge is 0.481 e. The molecule has 3 rings (SSSR count). The highest BCUT2D eigenvalue weighted by atomic mass is 32.2. The molecule has 2 atom stereocenters. The van der Waals surface area contributed by atoms with E-state index in [1.54, 1.807) is 0 Å². The van der Waals surface area contributed by atoms with E-state index in [0.717, 1.165) is 50.3 Å². The van der Waals surface area contributed by atoms with Crippen LogP contribution < -0.4 is 0 Å². The number of nitrogens with zero attached hydrogens (tertiary/aromatic N) is 2. The number of fused-ring (bicyclic) bond motifs is 2. The lowest BCUT2D eigenvalue weighted by Crippen LogP contribution is -2.54. The van der Waals surface area contributed by atoms with Gasteiger partial charge in [-0.2, -0.15) is 11.8 Å². The maximum atomic E-state index is 12.7. The lowest BCUT2D eigenvalue weighted by molar-refractivity contribution is -0.138. The molecule has 0 spiro atoms. The van der Waals surface area contributed by atoms with Gasteiger partial charge in [0.15, 0.2) is 0 Å². The molecule has 1 N–H and O–H groups in total. The van der Waals surface area contributed by atoms with Gasteiger partial charge in [0.1, 0.15) is 0 Å². The minimum atomic E-state index is -0.706. The summed E-state index contributed by atoms with van der Waals surface area (Å²) in [5.74, 6) is 1.63. The third-order valence-electron chi connectivity index (χ3n) is 4.80. The predicted octanol–water partition coefficient (Wildman–Crippen LogP) is 1.87. The van der Waals surface area contributed by atoms with E-state index in [1.807, 2.05) is 16.7 Å². The highest BCUT2D eigenvalue weighted by molar-refractivity contribution is 7.99. The SMILES string of the molecule is O=C(O)CC1CC2CCC(C1)N2C(=O)N1CCSCC1. The van der Waals surface area contributed by atoms with Crippen LogP contribution in [0.3, 0.4) is 0 Å². The zero-order valence-corrected chi connectivity index (χ0v) is 12.5. The van der Waals surface area contributed by atoms with Crippen LogP contribution in [0.4, 0.5) is 4.79 Å². The van der Waals surface area contributed by atoms with E-state index in [-0.39, 0.29) is 30.5 Å². The Balaban J connectivity index is 1.64. The predicted molar refractivity (Wildman–Crippen MR) is 77.9 cm³/mol. The van der Waals surface area contributed by atoms with Crippen molar-refractivity contribution in [1.82, 2.24) is 9.80 Å². The third-order valence-corrected chi connectivity index (χ3v) is 5.74. The summed E-state index contributed by atoms with van der Waals surface area (Å²) in [5.41, 5.74) is 0. The zero-order chi connectivity index (χ0) is 14.1. The van der Waals surface area contributed by atoms with E-state index in [2.05, 4.69) is 4.90 Å². The van der Waals surface area contributed by atoms with Crippen LogP contribution in [-0.4, -0.2) is 63.6 Å². The number of amides is 2. The number of thioether (sulfide) groups is 1. The molecule has 20 heavy (non-hydrogen) atoms. The molecule has 6 heteroatoms. The van der Waals surface area contributed by atoms with Gasteiger partial charge in [-0.05, 0) is 31.6 Å². The smallest absolute Gasteiger partial charge is 0.320 e. The Morgan fingerprint density at radius 1 is 1.10 bits per heavy atom. The first-order valence-corrected chi connectivity index (χ1v) is 8.67. The molecule has 3 saturated heterocycles. The highest BCUT2D eigenvalue weighted by Crippen LogP contribution is 2.40. The molecule has 3 aliphatic heterocycles. The Labute approximate surface area is 123 Å². The number of urea groups is 1. The second-order valence-corrected chi connectivity index (χ2v) is 7.33. The zero-order valence-electron chi connectivity index (χ0n) is 11.7. The molecule has 0 aromatic carbocycles. The van der Waals surface area contributed by atoms with E-state index in [1.165, 1.54) is 0 Å². The molecule has 3 aliphatic rings. The van der Waals surface area contributed by atoms with Crippen LogP contribution in [0.1, 0.15) is 32.1 Å². The maximum Gasteiger partial charge on any atom is 0.320 e. The van der Waals surface area contributed by atoms with Crippen molar-refractivity contribution in [3.8, 4) is 0 Å². The number of aliphatic carboxylic acids is 1. The Kier molecular flexibility index (Phi) is 4.10. The van der Waals surface area contributed by atoms with Crippen molar-refractivity contribution in [3.05, 3.63) is 0 Å². The van der Waals surface area contributed by atoms with Crippen LogP contribution in [-0.2, 0) is 4.79 Å². The van der Waals surface area contributed by atoms with Gasteiger partial charge in [-0.3, -0.25) is 4.79 Å². The van der Waals surface area contributed by atoms with E-state index >= 15 is 0 Å². The fraction of sp³-hybridized carbons (Fsp3) is 0.857. The first-order valence-electron chi connectivity index (χ1n) is 7.52. The minimum absolute atomic E-state index is 0.201. The fourth-order valence-electron chi connectivity index (χ4n) is 3.93. The minimum Gasteiger partial charge on any atom is -0.481 e. The number of hydrogen-bond donors (Lipinski definition) is 1. The van der Waals surface area contributed by atoms with Gasteiger partial charge in [0, 0.05) is 43.1 Å². The van der Waals surface area contributed by atoms with Gasteiger partial charge >= 0.3 is 12.0 Å².